The van der Waals surface area contributed by atoms with Crippen LogP contribution in [0.25, 0.3) is 0 Å². The van der Waals surface area contributed by atoms with E-state index in [4.69, 9.17) is 4.74 Å². The molecule has 0 bridgehead atoms. The number of benzene rings is 2. The largest absolute Gasteiger partial charge is 0.426 e. The standard InChI is InChI=1S/C24H31NO2/c1-18-11-10-12-19(2)23(18)27-22(26)15-6-5-9-16-25-17-24(3,4)20-13-7-8-14-21(20)25/h7-8,10-14H,5-6,9,15-17H2,1-4H3. The zero-order valence-electron chi connectivity index (χ0n) is 17.0. The van der Waals surface area contributed by atoms with Gasteiger partial charge in [0.15, 0.2) is 0 Å². The molecule has 0 spiro atoms. The first kappa shape index (κ1) is 19.5. The molecule has 0 unspecified atom stereocenters. The summed E-state index contributed by atoms with van der Waals surface area (Å²) in [5, 5.41) is 0. The van der Waals surface area contributed by atoms with Crippen LogP contribution in [-0.2, 0) is 10.2 Å². The van der Waals surface area contributed by atoms with E-state index >= 15 is 0 Å². The molecule has 0 N–H and O–H groups in total. The second kappa shape index (κ2) is 8.16. The Kier molecular flexibility index (Phi) is 5.88. The summed E-state index contributed by atoms with van der Waals surface area (Å²) in [7, 11) is 0. The van der Waals surface area contributed by atoms with Gasteiger partial charge in [-0.05, 0) is 49.4 Å². The van der Waals surface area contributed by atoms with Crippen molar-refractivity contribution < 1.29 is 9.53 Å². The minimum Gasteiger partial charge on any atom is -0.426 e. The van der Waals surface area contributed by atoms with Gasteiger partial charge in [-0.3, -0.25) is 4.79 Å². The number of carbonyl (C=O) groups is 1. The number of aryl methyl sites for hydroxylation is 2. The first-order valence-electron chi connectivity index (χ1n) is 10.00. The Labute approximate surface area is 163 Å². The molecule has 1 aliphatic rings. The summed E-state index contributed by atoms with van der Waals surface area (Å²) in [6, 6.07) is 14.7. The third-order valence-corrected chi connectivity index (χ3v) is 5.49. The van der Waals surface area contributed by atoms with Crippen LogP contribution in [-0.4, -0.2) is 19.1 Å². The van der Waals surface area contributed by atoms with Crippen molar-refractivity contribution in [1.29, 1.82) is 0 Å². The van der Waals surface area contributed by atoms with Crippen LogP contribution in [0.5, 0.6) is 5.75 Å². The predicted octanol–water partition coefficient (Wildman–Crippen LogP) is 5.57. The number of carbonyl (C=O) groups excluding carboxylic acids is 1. The fraction of sp³-hybridized carbons (Fsp3) is 0.458. The Morgan fingerprint density at radius 3 is 2.44 bits per heavy atom. The zero-order chi connectivity index (χ0) is 19.4. The monoisotopic (exact) mass is 365 g/mol. The summed E-state index contributed by atoms with van der Waals surface area (Å²) >= 11 is 0. The van der Waals surface area contributed by atoms with E-state index in [0.717, 1.165) is 49.2 Å². The topological polar surface area (TPSA) is 29.5 Å². The zero-order valence-corrected chi connectivity index (χ0v) is 17.0. The summed E-state index contributed by atoms with van der Waals surface area (Å²) in [4.78, 5) is 14.6. The smallest absolute Gasteiger partial charge is 0.311 e. The van der Waals surface area contributed by atoms with Gasteiger partial charge in [0.05, 0.1) is 0 Å². The molecule has 3 heteroatoms. The minimum absolute atomic E-state index is 0.125. The highest BCUT2D eigenvalue weighted by molar-refractivity contribution is 5.73. The molecule has 27 heavy (non-hydrogen) atoms. The lowest BCUT2D eigenvalue weighted by atomic mass is 9.87. The third-order valence-electron chi connectivity index (χ3n) is 5.49. The van der Waals surface area contributed by atoms with Crippen LogP contribution >= 0.6 is 0 Å². The first-order chi connectivity index (χ1) is 12.9. The molecule has 1 heterocycles. The molecule has 0 radical (unpaired) electrons. The Balaban J connectivity index is 1.42. The molecule has 0 saturated carbocycles. The number of hydrogen-bond acceptors (Lipinski definition) is 3. The van der Waals surface area contributed by atoms with Crippen LogP contribution in [0, 0.1) is 13.8 Å². The van der Waals surface area contributed by atoms with Gasteiger partial charge in [0.1, 0.15) is 5.75 Å². The number of rotatable bonds is 7. The minimum atomic E-state index is -0.125. The van der Waals surface area contributed by atoms with Crippen molar-refractivity contribution in [1.82, 2.24) is 0 Å². The van der Waals surface area contributed by atoms with Crippen LogP contribution < -0.4 is 9.64 Å². The number of unbranched alkanes of at least 4 members (excludes halogenated alkanes) is 2. The number of ether oxygens (including phenoxy) is 1. The van der Waals surface area contributed by atoms with Crippen molar-refractivity contribution in [2.45, 2.75) is 58.8 Å². The lowest BCUT2D eigenvalue weighted by Crippen LogP contribution is -2.29. The van der Waals surface area contributed by atoms with E-state index in [-0.39, 0.29) is 11.4 Å². The van der Waals surface area contributed by atoms with Crippen molar-refractivity contribution in [3.63, 3.8) is 0 Å². The van der Waals surface area contributed by atoms with Crippen LogP contribution in [0.3, 0.4) is 0 Å². The van der Waals surface area contributed by atoms with Gasteiger partial charge >= 0.3 is 5.97 Å². The van der Waals surface area contributed by atoms with E-state index in [1.54, 1.807) is 0 Å². The van der Waals surface area contributed by atoms with Gasteiger partial charge in [-0.25, -0.2) is 0 Å². The molecule has 3 rings (SSSR count). The van der Waals surface area contributed by atoms with Crippen molar-refractivity contribution >= 4 is 11.7 Å². The molecule has 0 saturated heterocycles. The molecule has 3 nitrogen and oxygen atoms in total. The van der Waals surface area contributed by atoms with Gasteiger partial charge in [0.2, 0.25) is 0 Å². The number of anilines is 1. The summed E-state index contributed by atoms with van der Waals surface area (Å²) < 4.78 is 5.58. The number of esters is 1. The van der Waals surface area contributed by atoms with Crippen molar-refractivity contribution in [2.24, 2.45) is 0 Å². The van der Waals surface area contributed by atoms with Crippen LogP contribution in [0.1, 0.15) is 56.2 Å². The van der Waals surface area contributed by atoms with Crippen molar-refractivity contribution in [3.05, 3.63) is 59.2 Å². The van der Waals surface area contributed by atoms with Gasteiger partial charge in [-0.1, -0.05) is 56.7 Å². The van der Waals surface area contributed by atoms with Gasteiger partial charge in [0, 0.05) is 30.6 Å². The van der Waals surface area contributed by atoms with Gasteiger partial charge in [-0.15, -0.1) is 0 Å². The van der Waals surface area contributed by atoms with E-state index in [9.17, 15) is 4.79 Å². The van der Waals surface area contributed by atoms with Gasteiger partial charge < -0.3 is 9.64 Å². The Bertz CT molecular complexity index is 790. The Morgan fingerprint density at radius 2 is 1.70 bits per heavy atom. The molecule has 2 aromatic rings. The average Bonchev–Trinajstić information content (AvgIpc) is 2.89. The molecule has 1 aliphatic heterocycles. The summed E-state index contributed by atoms with van der Waals surface area (Å²) in [6.07, 6.45) is 3.50. The summed E-state index contributed by atoms with van der Waals surface area (Å²) in [5.41, 5.74) is 5.06. The first-order valence-corrected chi connectivity index (χ1v) is 10.00. The van der Waals surface area contributed by atoms with Crippen LogP contribution in [0.2, 0.25) is 0 Å². The lowest BCUT2D eigenvalue weighted by molar-refractivity contribution is -0.134. The van der Waals surface area contributed by atoms with Crippen LogP contribution in [0.4, 0.5) is 5.69 Å². The number of para-hydroxylation sites is 2. The summed E-state index contributed by atoms with van der Waals surface area (Å²) in [5.74, 6) is 0.596. The van der Waals surface area contributed by atoms with Gasteiger partial charge in [0.25, 0.3) is 0 Å². The third kappa shape index (κ3) is 4.52. The highest BCUT2D eigenvalue weighted by atomic mass is 16.5. The highest BCUT2D eigenvalue weighted by Gasteiger charge is 2.34. The normalized spacial score (nSPS) is 14.9. The van der Waals surface area contributed by atoms with Gasteiger partial charge in [-0.2, -0.15) is 0 Å². The second-order valence-corrected chi connectivity index (χ2v) is 8.33. The highest BCUT2D eigenvalue weighted by Crippen LogP contribution is 2.40. The van der Waals surface area contributed by atoms with E-state index in [0.29, 0.717) is 6.42 Å². The number of fused-ring (bicyclic) bond motifs is 1. The van der Waals surface area contributed by atoms with E-state index in [1.165, 1.54) is 11.3 Å². The summed E-state index contributed by atoms with van der Waals surface area (Å²) in [6.45, 7) is 10.7. The Hall–Kier alpha value is -2.29. The van der Waals surface area contributed by atoms with E-state index < -0.39 is 0 Å². The quantitative estimate of drug-likeness (QED) is 0.365. The molecule has 2 aromatic carbocycles. The van der Waals surface area contributed by atoms with E-state index in [2.05, 4.69) is 43.0 Å². The second-order valence-electron chi connectivity index (χ2n) is 8.33. The molecule has 0 amide bonds. The fourth-order valence-corrected chi connectivity index (χ4v) is 4.04. The maximum absolute atomic E-state index is 12.2. The molecule has 144 valence electrons. The van der Waals surface area contributed by atoms with Crippen molar-refractivity contribution in [2.75, 3.05) is 18.0 Å². The molecular weight excluding hydrogens is 334 g/mol. The molecule has 0 aliphatic carbocycles. The SMILES string of the molecule is Cc1cccc(C)c1OC(=O)CCCCCN1CC(C)(C)c2ccccc21. The maximum atomic E-state index is 12.2. The van der Waals surface area contributed by atoms with Crippen molar-refractivity contribution in [3.8, 4) is 5.75 Å². The lowest BCUT2D eigenvalue weighted by Gasteiger charge is -2.22. The van der Waals surface area contributed by atoms with Crippen LogP contribution in [0.15, 0.2) is 42.5 Å². The molecule has 0 fully saturated rings. The fourth-order valence-electron chi connectivity index (χ4n) is 4.04. The average molecular weight is 366 g/mol. The predicted molar refractivity (Wildman–Crippen MR) is 112 cm³/mol. The maximum Gasteiger partial charge on any atom is 0.311 e. The number of hydrogen-bond donors (Lipinski definition) is 0. The number of nitrogens with zero attached hydrogens (tertiary/aromatic N) is 1. The molecule has 0 aromatic heterocycles. The molecular formula is C24H31NO2. The Morgan fingerprint density at radius 1 is 1.00 bits per heavy atom. The van der Waals surface area contributed by atoms with E-state index in [1.807, 2.05) is 32.0 Å². The molecule has 0 atom stereocenters.